The molecule has 0 bridgehead atoms. The van der Waals surface area contributed by atoms with E-state index in [1.807, 2.05) is 13.8 Å². The molecule has 1 fully saturated rings. The van der Waals surface area contributed by atoms with Crippen molar-refractivity contribution in [3.63, 3.8) is 0 Å². The number of ether oxygens (including phenoxy) is 2. The molecule has 0 saturated carbocycles. The van der Waals surface area contributed by atoms with Gasteiger partial charge in [-0.15, -0.1) is 0 Å². The number of anilines is 1. The average molecular weight is 282 g/mol. The van der Waals surface area contributed by atoms with Crippen LogP contribution in [0.1, 0.15) is 13.8 Å². The van der Waals surface area contributed by atoms with E-state index in [2.05, 4.69) is 5.32 Å². The first-order valence-electron chi connectivity index (χ1n) is 6.54. The van der Waals surface area contributed by atoms with Crippen LogP contribution >= 0.6 is 0 Å². The van der Waals surface area contributed by atoms with Gasteiger partial charge in [0.15, 0.2) is 11.6 Å². The maximum absolute atomic E-state index is 13.6. The molecule has 1 aliphatic rings. The largest absolute Gasteiger partial charge is 0.494 e. The number of nitrogens with zero attached hydrogens (tertiary/aromatic N) is 1. The zero-order valence-electron chi connectivity index (χ0n) is 11.9. The van der Waals surface area contributed by atoms with Crippen molar-refractivity contribution in [2.75, 3.05) is 25.5 Å². The van der Waals surface area contributed by atoms with Crippen LogP contribution in [0.4, 0.5) is 14.9 Å². The number of hydrogen-bond acceptors (Lipinski definition) is 3. The molecule has 20 heavy (non-hydrogen) atoms. The van der Waals surface area contributed by atoms with E-state index in [-0.39, 0.29) is 24.0 Å². The predicted molar refractivity (Wildman–Crippen MR) is 73.6 cm³/mol. The summed E-state index contributed by atoms with van der Waals surface area (Å²) in [5.74, 6) is -0.356. The van der Waals surface area contributed by atoms with Crippen molar-refractivity contribution in [2.24, 2.45) is 0 Å². The van der Waals surface area contributed by atoms with E-state index in [9.17, 15) is 9.18 Å². The molecule has 5 nitrogen and oxygen atoms in total. The molecule has 2 atom stereocenters. The maximum atomic E-state index is 13.6. The summed E-state index contributed by atoms with van der Waals surface area (Å²) < 4.78 is 24.0. The first-order valence-corrected chi connectivity index (χ1v) is 6.54. The van der Waals surface area contributed by atoms with E-state index in [0.29, 0.717) is 18.8 Å². The summed E-state index contributed by atoms with van der Waals surface area (Å²) in [6.07, 6.45) is -0.00536. The Balaban J connectivity index is 2.02. The van der Waals surface area contributed by atoms with Crippen LogP contribution in [0.15, 0.2) is 18.2 Å². The minimum absolute atomic E-state index is 0.00268. The van der Waals surface area contributed by atoms with E-state index in [1.54, 1.807) is 11.0 Å². The summed E-state index contributed by atoms with van der Waals surface area (Å²) in [5.41, 5.74) is 0.403. The first-order chi connectivity index (χ1) is 9.49. The summed E-state index contributed by atoms with van der Waals surface area (Å²) in [4.78, 5) is 13.8. The quantitative estimate of drug-likeness (QED) is 0.906. The fraction of sp³-hybridized carbons (Fsp3) is 0.500. The van der Waals surface area contributed by atoms with Gasteiger partial charge in [-0.2, -0.15) is 0 Å². The smallest absolute Gasteiger partial charge is 0.322 e. The van der Waals surface area contributed by atoms with Gasteiger partial charge in [-0.3, -0.25) is 0 Å². The number of benzene rings is 1. The highest BCUT2D eigenvalue weighted by Gasteiger charge is 2.25. The van der Waals surface area contributed by atoms with Gasteiger partial charge in [-0.25, -0.2) is 9.18 Å². The Hall–Kier alpha value is -1.82. The number of morpholine rings is 1. The highest BCUT2D eigenvalue weighted by Crippen LogP contribution is 2.21. The maximum Gasteiger partial charge on any atom is 0.322 e. The van der Waals surface area contributed by atoms with Crippen molar-refractivity contribution in [2.45, 2.75) is 26.1 Å². The van der Waals surface area contributed by atoms with Crippen molar-refractivity contribution < 1.29 is 18.7 Å². The predicted octanol–water partition coefficient (Wildman–Crippen LogP) is 2.48. The standard InChI is InChI=1S/C14H19FN2O3/c1-9-7-17(8-10(2)20-9)14(18)16-11-4-5-13(19-3)12(15)6-11/h4-6,9-10H,7-8H2,1-3H3,(H,16,18)/t9-,10-/m0/s1. The Labute approximate surface area is 117 Å². The third kappa shape index (κ3) is 3.39. The van der Waals surface area contributed by atoms with Gasteiger partial charge in [-0.1, -0.05) is 0 Å². The third-order valence-corrected chi connectivity index (χ3v) is 3.11. The lowest BCUT2D eigenvalue weighted by Gasteiger charge is -2.35. The minimum Gasteiger partial charge on any atom is -0.494 e. The van der Waals surface area contributed by atoms with Crippen LogP contribution < -0.4 is 10.1 Å². The Bertz CT molecular complexity index is 485. The molecule has 110 valence electrons. The van der Waals surface area contributed by atoms with Crippen LogP contribution in [0, 0.1) is 5.82 Å². The van der Waals surface area contributed by atoms with Gasteiger partial charge in [-0.05, 0) is 26.0 Å². The topological polar surface area (TPSA) is 50.8 Å². The number of hydrogen-bond donors (Lipinski definition) is 1. The second-order valence-corrected chi connectivity index (χ2v) is 4.94. The van der Waals surface area contributed by atoms with Gasteiger partial charge in [0, 0.05) is 24.8 Å². The summed E-state index contributed by atoms with van der Waals surface area (Å²) in [6, 6.07) is 4.07. The van der Waals surface area contributed by atoms with Gasteiger partial charge in [0.25, 0.3) is 0 Å². The van der Waals surface area contributed by atoms with E-state index >= 15 is 0 Å². The van der Waals surface area contributed by atoms with E-state index in [0.717, 1.165) is 0 Å². The lowest BCUT2D eigenvalue weighted by Crippen LogP contribution is -2.49. The Morgan fingerprint density at radius 2 is 2.05 bits per heavy atom. The highest BCUT2D eigenvalue weighted by molar-refractivity contribution is 5.89. The van der Waals surface area contributed by atoms with Crippen molar-refractivity contribution >= 4 is 11.7 Å². The molecule has 2 rings (SSSR count). The number of rotatable bonds is 2. The minimum atomic E-state index is -0.506. The van der Waals surface area contributed by atoms with E-state index in [1.165, 1.54) is 19.2 Å². The number of carbonyl (C=O) groups is 1. The molecule has 0 unspecified atom stereocenters. The number of methoxy groups -OCH3 is 1. The zero-order chi connectivity index (χ0) is 14.7. The normalized spacial score (nSPS) is 22.5. The summed E-state index contributed by atoms with van der Waals surface area (Å²) >= 11 is 0. The molecule has 2 amide bonds. The van der Waals surface area contributed by atoms with Crippen molar-refractivity contribution in [1.29, 1.82) is 0 Å². The third-order valence-electron chi connectivity index (χ3n) is 3.11. The van der Waals surface area contributed by atoms with Crippen LogP contribution in [-0.2, 0) is 4.74 Å². The second kappa shape index (κ2) is 6.09. The molecule has 1 heterocycles. The van der Waals surface area contributed by atoms with Crippen LogP contribution in [0.3, 0.4) is 0 Å². The Morgan fingerprint density at radius 1 is 1.40 bits per heavy atom. The molecule has 1 saturated heterocycles. The molecule has 1 aliphatic heterocycles. The number of nitrogens with one attached hydrogen (secondary N) is 1. The molecular formula is C14H19FN2O3. The molecule has 0 spiro atoms. The molecule has 6 heteroatoms. The average Bonchev–Trinajstić information content (AvgIpc) is 2.37. The fourth-order valence-corrected chi connectivity index (χ4v) is 2.29. The molecule has 1 aromatic rings. The van der Waals surface area contributed by atoms with Crippen LogP contribution in [-0.4, -0.2) is 43.3 Å². The second-order valence-electron chi connectivity index (χ2n) is 4.94. The highest BCUT2D eigenvalue weighted by atomic mass is 19.1. The van der Waals surface area contributed by atoms with Crippen LogP contribution in [0.2, 0.25) is 0 Å². The summed E-state index contributed by atoms with van der Waals surface area (Å²) in [5, 5.41) is 2.68. The Kier molecular flexibility index (Phi) is 4.44. The van der Waals surface area contributed by atoms with Gasteiger partial charge in [0.1, 0.15) is 0 Å². The number of halogens is 1. The van der Waals surface area contributed by atoms with E-state index in [4.69, 9.17) is 9.47 Å². The van der Waals surface area contributed by atoms with Gasteiger partial charge >= 0.3 is 6.03 Å². The monoisotopic (exact) mass is 282 g/mol. The zero-order valence-corrected chi connectivity index (χ0v) is 11.9. The molecule has 0 radical (unpaired) electrons. The van der Waals surface area contributed by atoms with Gasteiger partial charge < -0.3 is 19.7 Å². The Morgan fingerprint density at radius 3 is 2.60 bits per heavy atom. The lowest BCUT2D eigenvalue weighted by molar-refractivity contribution is -0.0530. The summed E-state index contributed by atoms with van der Waals surface area (Å²) in [7, 11) is 1.40. The number of urea groups is 1. The van der Waals surface area contributed by atoms with Crippen molar-refractivity contribution in [1.82, 2.24) is 4.90 Å². The molecule has 1 aromatic carbocycles. The molecule has 0 aliphatic carbocycles. The van der Waals surface area contributed by atoms with Crippen molar-refractivity contribution in [3.8, 4) is 5.75 Å². The number of carbonyl (C=O) groups excluding carboxylic acids is 1. The van der Waals surface area contributed by atoms with Gasteiger partial charge in [0.2, 0.25) is 0 Å². The lowest BCUT2D eigenvalue weighted by atomic mass is 10.2. The molecule has 1 N–H and O–H groups in total. The first kappa shape index (κ1) is 14.6. The van der Waals surface area contributed by atoms with Crippen LogP contribution in [0.5, 0.6) is 5.75 Å². The molecule has 0 aromatic heterocycles. The van der Waals surface area contributed by atoms with Crippen molar-refractivity contribution in [3.05, 3.63) is 24.0 Å². The summed E-state index contributed by atoms with van der Waals surface area (Å²) in [6.45, 7) is 4.88. The fourth-order valence-electron chi connectivity index (χ4n) is 2.29. The van der Waals surface area contributed by atoms with Crippen LogP contribution in [0.25, 0.3) is 0 Å². The molecular weight excluding hydrogens is 263 g/mol. The van der Waals surface area contributed by atoms with E-state index < -0.39 is 5.82 Å². The van der Waals surface area contributed by atoms with Gasteiger partial charge in [0.05, 0.1) is 19.3 Å². The number of amides is 2. The SMILES string of the molecule is COc1ccc(NC(=O)N2C[C@H](C)O[C@@H](C)C2)cc1F.